The van der Waals surface area contributed by atoms with Crippen molar-refractivity contribution in [3.05, 3.63) is 62.9 Å². The van der Waals surface area contributed by atoms with Crippen LogP contribution in [0.5, 0.6) is 0 Å². The number of nitrogens with one attached hydrogen (secondary N) is 1. The Morgan fingerprint density at radius 2 is 1.94 bits per heavy atom. The van der Waals surface area contributed by atoms with E-state index >= 15 is 0 Å². The molecule has 0 radical (unpaired) electrons. The van der Waals surface area contributed by atoms with Crippen molar-refractivity contribution in [2.75, 3.05) is 6.26 Å². The molecule has 0 spiro atoms. The highest BCUT2D eigenvalue weighted by Crippen LogP contribution is 2.14. The lowest BCUT2D eigenvalue weighted by Crippen LogP contribution is -2.35. The number of rotatable bonds is 3. The highest BCUT2D eigenvalue weighted by molar-refractivity contribution is 7.98. The fraction of sp³-hybridized carbons (Fsp3) is 0.167. The van der Waals surface area contributed by atoms with Gasteiger partial charge >= 0.3 is 11.1 Å². The van der Waals surface area contributed by atoms with Gasteiger partial charge in [-0.05, 0) is 24.0 Å². The van der Waals surface area contributed by atoms with Gasteiger partial charge in [0.2, 0.25) is 0 Å². The van der Waals surface area contributed by atoms with Gasteiger partial charge in [0.1, 0.15) is 0 Å². The molecule has 4 nitrogen and oxygen atoms in total. The van der Waals surface area contributed by atoms with Crippen LogP contribution < -0.4 is 11.1 Å². The summed E-state index contributed by atoms with van der Waals surface area (Å²) in [5.41, 5.74) is -0.120. The molecule has 1 aromatic carbocycles. The van der Waals surface area contributed by atoms with Crippen molar-refractivity contribution in [2.45, 2.75) is 11.4 Å². The molecule has 0 bridgehead atoms. The molecular formula is C12H12N2O2S. The van der Waals surface area contributed by atoms with Crippen molar-refractivity contribution >= 4 is 11.8 Å². The van der Waals surface area contributed by atoms with Gasteiger partial charge in [-0.2, -0.15) is 0 Å². The first-order valence-electron chi connectivity index (χ1n) is 5.12. The maximum atomic E-state index is 11.5. The van der Waals surface area contributed by atoms with E-state index in [2.05, 4.69) is 4.98 Å². The lowest BCUT2D eigenvalue weighted by atomic mass is 10.2. The second-order valence-electron chi connectivity index (χ2n) is 3.57. The molecule has 0 amide bonds. The van der Waals surface area contributed by atoms with Gasteiger partial charge in [0.25, 0.3) is 0 Å². The first kappa shape index (κ1) is 11.7. The summed E-state index contributed by atoms with van der Waals surface area (Å²) < 4.78 is 1.40. The molecule has 0 saturated heterocycles. The summed E-state index contributed by atoms with van der Waals surface area (Å²) in [5.74, 6) is 0. The van der Waals surface area contributed by atoms with Crippen molar-refractivity contribution < 1.29 is 0 Å². The van der Waals surface area contributed by atoms with E-state index in [1.54, 1.807) is 18.0 Å². The quantitative estimate of drug-likeness (QED) is 0.658. The number of aromatic nitrogens is 2. The monoisotopic (exact) mass is 248 g/mol. The molecule has 1 N–H and O–H groups in total. The van der Waals surface area contributed by atoms with E-state index in [1.165, 1.54) is 15.7 Å². The molecule has 88 valence electrons. The molecule has 0 aliphatic rings. The van der Waals surface area contributed by atoms with E-state index in [-0.39, 0.29) is 0 Å². The van der Waals surface area contributed by atoms with Crippen LogP contribution >= 0.6 is 11.8 Å². The fourth-order valence-electron chi connectivity index (χ4n) is 1.51. The zero-order valence-electron chi connectivity index (χ0n) is 9.34. The summed E-state index contributed by atoms with van der Waals surface area (Å²) in [6, 6.07) is 7.91. The molecule has 1 heterocycles. The summed E-state index contributed by atoms with van der Waals surface area (Å²) in [6.45, 7) is 0.414. The van der Waals surface area contributed by atoms with Crippen LogP contribution in [0.15, 0.2) is 51.1 Å². The van der Waals surface area contributed by atoms with Gasteiger partial charge in [-0.25, -0.2) is 0 Å². The number of H-pyrrole nitrogens is 1. The van der Waals surface area contributed by atoms with E-state index < -0.39 is 11.1 Å². The Hall–Kier alpha value is -1.75. The molecule has 0 saturated carbocycles. The van der Waals surface area contributed by atoms with E-state index in [1.807, 2.05) is 30.5 Å². The van der Waals surface area contributed by atoms with Gasteiger partial charge in [0.05, 0.1) is 6.54 Å². The molecule has 0 unspecified atom stereocenters. The van der Waals surface area contributed by atoms with Gasteiger partial charge < -0.3 is 9.55 Å². The summed E-state index contributed by atoms with van der Waals surface area (Å²) in [5, 5.41) is 0. The largest absolute Gasteiger partial charge is 0.323 e. The second kappa shape index (κ2) is 5.05. The van der Waals surface area contributed by atoms with Gasteiger partial charge in [0.15, 0.2) is 0 Å². The minimum atomic E-state index is -0.590. The molecule has 0 aliphatic carbocycles. The molecule has 0 fully saturated rings. The zero-order valence-corrected chi connectivity index (χ0v) is 10.2. The molecule has 2 aromatic rings. The Morgan fingerprint density at radius 1 is 1.24 bits per heavy atom. The van der Waals surface area contributed by atoms with E-state index in [0.29, 0.717) is 6.54 Å². The molecule has 17 heavy (non-hydrogen) atoms. The summed E-state index contributed by atoms with van der Waals surface area (Å²) in [7, 11) is 0. The summed E-state index contributed by atoms with van der Waals surface area (Å²) in [6.07, 6.45) is 5.06. The van der Waals surface area contributed by atoms with Crippen molar-refractivity contribution in [1.29, 1.82) is 0 Å². The van der Waals surface area contributed by atoms with Crippen LogP contribution in [-0.2, 0) is 6.54 Å². The minimum absolute atomic E-state index is 0.414. The SMILES string of the molecule is CSc1ccc(Cn2cc[nH]c(=O)c2=O)cc1. The van der Waals surface area contributed by atoms with Gasteiger partial charge in [-0.15, -0.1) is 11.8 Å². The Morgan fingerprint density at radius 3 is 2.59 bits per heavy atom. The van der Waals surface area contributed by atoms with Crippen LogP contribution in [0, 0.1) is 0 Å². The van der Waals surface area contributed by atoms with Crippen molar-refractivity contribution in [3.63, 3.8) is 0 Å². The average Bonchev–Trinajstić information content (AvgIpc) is 2.36. The molecule has 0 aliphatic heterocycles. The third-order valence-electron chi connectivity index (χ3n) is 2.44. The second-order valence-corrected chi connectivity index (χ2v) is 4.45. The van der Waals surface area contributed by atoms with E-state index in [4.69, 9.17) is 0 Å². The number of hydrogen-bond acceptors (Lipinski definition) is 3. The Labute approximate surface area is 102 Å². The smallest absolute Gasteiger partial charge is 0.316 e. The van der Waals surface area contributed by atoms with E-state index in [9.17, 15) is 9.59 Å². The Bertz CT molecular complexity index is 613. The normalized spacial score (nSPS) is 10.4. The predicted octanol–water partition coefficient (Wildman–Crippen LogP) is 1.31. The van der Waals surface area contributed by atoms with E-state index in [0.717, 1.165) is 5.56 Å². The summed E-state index contributed by atoms with van der Waals surface area (Å²) in [4.78, 5) is 26.2. The third kappa shape index (κ3) is 2.68. The highest BCUT2D eigenvalue weighted by atomic mass is 32.2. The topological polar surface area (TPSA) is 54.9 Å². The van der Waals surface area contributed by atoms with Crippen molar-refractivity contribution in [3.8, 4) is 0 Å². The van der Waals surface area contributed by atoms with Crippen molar-refractivity contribution in [1.82, 2.24) is 9.55 Å². The van der Waals surface area contributed by atoms with Gasteiger partial charge in [-0.1, -0.05) is 12.1 Å². The number of thioether (sulfide) groups is 1. The minimum Gasteiger partial charge on any atom is -0.323 e. The van der Waals surface area contributed by atoms with Gasteiger partial charge in [0, 0.05) is 17.3 Å². The number of hydrogen-bond donors (Lipinski definition) is 1. The van der Waals surface area contributed by atoms with Gasteiger partial charge in [-0.3, -0.25) is 9.59 Å². The molecule has 2 rings (SSSR count). The fourth-order valence-corrected chi connectivity index (χ4v) is 1.92. The molecule has 5 heteroatoms. The maximum Gasteiger partial charge on any atom is 0.316 e. The first-order chi connectivity index (χ1) is 8.20. The highest BCUT2D eigenvalue weighted by Gasteiger charge is 2.00. The van der Waals surface area contributed by atoms with Crippen LogP contribution in [0.3, 0.4) is 0 Å². The number of aromatic amines is 1. The number of benzene rings is 1. The van der Waals surface area contributed by atoms with Crippen LogP contribution in [-0.4, -0.2) is 15.8 Å². The van der Waals surface area contributed by atoms with Crippen molar-refractivity contribution in [2.24, 2.45) is 0 Å². The third-order valence-corrected chi connectivity index (χ3v) is 3.18. The van der Waals surface area contributed by atoms with Crippen LogP contribution in [0.25, 0.3) is 0 Å². The van der Waals surface area contributed by atoms with Crippen LogP contribution in [0.2, 0.25) is 0 Å². The van der Waals surface area contributed by atoms with Crippen LogP contribution in [0.1, 0.15) is 5.56 Å². The zero-order chi connectivity index (χ0) is 12.3. The first-order valence-corrected chi connectivity index (χ1v) is 6.34. The molecule has 0 atom stereocenters. The number of nitrogens with zero attached hydrogens (tertiary/aromatic N) is 1. The Balaban J connectivity index is 2.28. The lowest BCUT2D eigenvalue weighted by Gasteiger charge is -2.05. The maximum absolute atomic E-state index is 11.5. The molecular weight excluding hydrogens is 236 g/mol. The lowest BCUT2D eigenvalue weighted by molar-refractivity contribution is 0.737. The average molecular weight is 248 g/mol. The summed E-state index contributed by atoms with van der Waals surface area (Å²) >= 11 is 1.67. The predicted molar refractivity (Wildman–Crippen MR) is 68.6 cm³/mol. The Kier molecular flexibility index (Phi) is 3.49. The molecule has 1 aromatic heterocycles. The van der Waals surface area contributed by atoms with Crippen LogP contribution in [0.4, 0.5) is 0 Å². The standard InChI is InChI=1S/C12H12N2O2S/c1-17-10-4-2-9(3-5-10)8-14-7-6-13-11(15)12(14)16/h2-7H,8H2,1H3,(H,13,15).